The van der Waals surface area contributed by atoms with Gasteiger partial charge < -0.3 is 0 Å². The Labute approximate surface area is 48.2 Å². The minimum Gasteiger partial charge on any atom is -0.188 e. The van der Waals surface area contributed by atoms with E-state index >= 15 is 0 Å². The molecule has 0 aromatic heterocycles. The van der Waals surface area contributed by atoms with E-state index in [9.17, 15) is 12.3 Å². The first kappa shape index (κ1) is 7.84. The van der Waals surface area contributed by atoms with Gasteiger partial charge in [-0.3, -0.25) is 0 Å². The molecule has 0 aliphatic rings. The van der Waals surface area contributed by atoms with E-state index in [0.29, 0.717) is 6.42 Å². The highest BCUT2D eigenvalue weighted by atomic mass is 32.3. The van der Waals surface area contributed by atoms with Crippen molar-refractivity contribution in [3.63, 3.8) is 0 Å². The van der Waals surface area contributed by atoms with Gasteiger partial charge in [0.1, 0.15) is 0 Å². The van der Waals surface area contributed by atoms with Crippen LogP contribution >= 0.6 is 0 Å². The lowest BCUT2D eigenvalue weighted by atomic mass is 10.5. The van der Waals surface area contributed by atoms with Crippen molar-refractivity contribution < 1.29 is 12.3 Å². The molecule has 0 saturated heterocycles. The summed E-state index contributed by atoms with van der Waals surface area (Å²) >= 11 is 0. The Balaban J connectivity index is 3.42. The first-order valence-electron chi connectivity index (χ1n) is 2.25. The summed E-state index contributed by atoms with van der Waals surface area (Å²) in [7, 11) is -4.44. The first-order valence-corrected chi connectivity index (χ1v) is 3.64. The normalized spacial score (nSPS) is 11.8. The molecule has 1 N–H and O–H groups in total. The number of hydrogen-bond donors (Lipinski definition) is 1. The van der Waals surface area contributed by atoms with E-state index in [1.807, 2.05) is 0 Å². The van der Waals surface area contributed by atoms with Gasteiger partial charge in [0.25, 0.3) is 0 Å². The summed E-state index contributed by atoms with van der Waals surface area (Å²) in [5, 5.41) is 0. The van der Waals surface area contributed by atoms with Crippen LogP contribution in [0.4, 0.5) is 3.89 Å². The third kappa shape index (κ3) is 5.84. The van der Waals surface area contributed by atoms with E-state index in [1.54, 1.807) is 11.6 Å². The van der Waals surface area contributed by atoms with Gasteiger partial charge in [0.15, 0.2) is 0 Å². The minimum atomic E-state index is -4.44. The van der Waals surface area contributed by atoms with Crippen molar-refractivity contribution in [2.45, 2.75) is 13.3 Å². The maximum absolute atomic E-state index is 11.4. The summed E-state index contributed by atoms with van der Waals surface area (Å²) in [4.78, 5) is 0. The van der Waals surface area contributed by atoms with Crippen molar-refractivity contribution in [3.05, 3.63) is 0 Å². The van der Waals surface area contributed by atoms with Crippen LogP contribution in [0.5, 0.6) is 0 Å². The Morgan fingerprint density at radius 1 is 1.62 bits per heavy atom. The molecule has 0 fully saturated rings. The predicted octanol–water partition coefficient (Wildman–Crippen LogP) is 0.200. The number of hydrogen-bond acceptors (Lipinski definition) is 2. The van der Waals surface area contributed by atoms with Crippen LogP contribution in [0, 0.1) is 0 Å². The highest BCUT2D eigenvalue weighted by Crippen LogP contribution is 1.81. The van der Waals surface area contributed by atoms with Gasteiger partial charge in [-0.05, 0) is 6.42 Å². The molecule has 0 aromatic rings. The van der Waals surface area contributed by atoms with E-state index in [1.165, 1.54) is 0 Å². The Kier molecular flexibility index (Phi) is 2.93. The van der Waals surface area contributed by atoms with Gasteiger partial charge in [0.2, 0.25) is 0 Å². The van der Waals surface area contributed by atoms with Gasteiger partial charge in [-0.2, -0.15) is 13.1 Å². The molecule has 0 atom stereocenters. The van der Waals surface area contributed by atoms with Crippen molar-refractivity contribution in [1.29, 1.82) is 0 Å². The van der Waals surface area contributed by atoms with Gasteiger partial charge in [-0.25, -0.2) is 0 Å². The maximum atomic E-state index is 11.4. The molecule has 0 saturated carbocycles. The Hall–Kier alpha value is -0.160. The van der Waals surface area contributed by atoms with E-state index in [4.69, 9.17) is 0 Å². The molecule has 0 heterocycles. The second-order valence-corrected chi connectivity index (χ2v) is 2.50. The van der Waals surface area contributed by atoms with Crippen molar-refractivity contribution in [2.24, 2.45) is 0 Å². The van der Waals surface area contributed by atoms with E-state index in [2.05, 4.69) is 0 Å². The summed E-state index contributed by atoms with van der Waals surface area (Å²) in [6, 6.07) is 0. The third-order valence-corrected chi connectivity index (χ3v) is 1.07. The van der Waals surface area contributed by atoms with Crippen LogP contribution in [-0.2, 0) is 10.4 Å². The zero-order valence-corrected chi connectivity index (χ0v) is 5.33. The zero-order chi connectivity index (χ0) is 6.62. The lowest BCUT2D eigenvalue weighted by Gasteiger charge is -1.91. The Morgan fingerprint density at radius 3 is 2.25 bits per heavy atom. The molecule has 0 amide bonds. The minimum absolute atomic E-state index is 0.166. The summed E-state index contributed by atoms with van der Waals surface area (Å²) in [5.74, 6) is 0. The highest BCUT2D eigenvalue weighted by molar-refractivity contribution is 7.84. The van der Waals surface area contributed by atoms with Crippen molar-refractivity contribution in [3.8, 4) is 0 Å². The summed E-state index contributed by atoms with van der Waals surface area (Å²) in [6.45, 7) is 1.91. The second kappa shape index (κ2) is 2.99. The van der Waals surface area contributed by atoms with E-state index in [-0.39, 0.29) is 6.54 Å². The lowest BCUT2D eigenvalue weighted by molar-refractivity contribution is 0.535. The second-order valence-electron chi connectivity index (χ2n) is 1.33. The van der Waals surface area contributed by atoms with Crippen LogP contribution in [0.3, 0.4) is 0 Å². The van der Waals surface area contributed by atoms with Crippen LogP contribution in [-0.4, -0.2) is 15.0 Å². The molecule has 0 aliphatic carbocycles. The van der Waals surface area contributed by atoms with Crippen LogP contribution in [0.2, 0.25) is 0 Å². The van der Waals surface area contributed by atoms with E-state index in [0.717, 1.165) is 0 Å². The molecule has 0 aliphatic heterocycles. The summed E-state index contributed by atoms with van der Waals surface area (Å²) < 4.78 is 32.3. The third-order valence-electron chi connectivity index (χ3n) is 0.524. The van der Waals surface area contributed by atoms with Crippen LogP contribution in [0.1, 0.15) is 13.3 Å². The molecule has 3 nitrogen and oxygen atoms in total. The fraction of sp³-hybridized carbons (Fsp3) is 1.00. The fourth-order valence-corrected chi connectivity index (χ4v) is 0.672. The zero-order valence-electron chi connectivity index (χ0n) is 4.52. The SMILES string of the molecule is CCCNS(=O)(=O)F. The van der Waals surface area contributed by atoms with Gasteiger partial charge in [-0.1, -0.05) is 10.8 Å². The Bertz CT molecular complexity index is 141. The van der Waals surface area contributed by atoms with Crippen molar-refractivity contribution in [1.82, 2.24) is 4.72 Å². The molecule has 0 unspecified atom stereocenters. The van der Waals surface area contributed by atoms with Gasteiger partial charge >= 0.3 is 10.4 Å². The van der Waals surface area contributed by atoms with Crippen molar-refractivity contribution >= 4 is 10.4 Å². The maximum Gasteiger partial charge on any atom is 0.372 e. The fourth-order valence-electron chi connectivity index (χ4n) is 0.224. The summed E-state index contributed by atoms with van der Waals surface area (Å²) in [6.07, 6.45) is 0.600. The predicted molar refractivity (Wildman–Crippen MR) is 28.3 cm³/mol. The monoisotopic (exact) mass is 141 g/mol. The quantitative estimate of drug-likeness (QED) is 0.571. The molecule has 0 aromatic carbocycles. The van der Waals surface area contributed by atoms with E-state index < -0.39 is 10.4 Å². The average molecular weight is 141 g/mol. The number of rotatable bonds is 3. The molecule has 5 heteroatoms. The van der Waals surface area contributed by atoms with Gasteiger partial charge in [0, 0.05) is 6.54 Å². The van der Waals surface area contributed by atoms with Crippen LogP contribution < -0.4 is 4.72 Å². The largest absolute Gasteiger partial charge is 0.372 e. The van der Waals surface area contributed by atoms with Crippen LogP contribution in [0.25, 0.3) is 0 Å². The smallest absolute Gasteiger partial charge is 0.188 e. The molecule has 50 valence electrons. The molecular weight excluding hydrogens is 133 g/mol. The molecule has 8 heavy (non-hydrogen) atoms. The Morgan fingerprint density at radius 2 is 2.12 bits per heavy atom. The van der Waals surface area contributed by atoms with Crippen molar-refractivity contribution in [2.75, 3.05) is 6.54 Å². The molecule has 0 rings (SSSR count). The van der Waals surface area contributed by atoms with Gasteiger partial charge in [-0.15, -0.1) is 0 Å². The van der Waals surface area contributed by atoms with Gasteiger partial charge in [0.05, 0.1) is 0 Å². The molecule has 0 spiro atoms. The standard InChI is InChI=1S/C3H8FNO2S/c1-2-3-5-8(4,6)7/h5H,2-3H2,1H3. The average Bonchev–Trinajstić information content (AvgIpc) is 1.59. The summed E-state index contributed by atoms with van der Waals surface area (Å²) in [5.41, 5.74) is 0. The molecule has 0 bridgehead atoms. The molecule has 0 radical (unpaired) electrons. The number of nitrogens with one attached hydrogen (secondary N) is 1. The lowest BCUT2D eigenvalue weighted by Crippen LogP contribution is -2.19. The first-order chi connectivity index (χ1) is 3.56. The highest BCUT2D eigenvalue weighted by Gasteiger charge is 2.00. The number of halogens is 1. The van der Waals surface area contributed by atoms with Crippen LogP contribution in [0.15, 0.2) is 0 Å². The topological polar surface area (TPSA) is 46.2 Å². The molecular formula is C3H8FNO2S.